The molecule has 4 nitrogen and oxygen atoms in total. The van der Waals surface area contributed by atoms with Crippen molar-refractivity contribution in [1.29, 1.82) is 0 Å². The van der Waals surface area contributed by atoms with Crippen LogP contribution in [0.1, 0.15) is 24.1 Å². The van der Waals surface area contributed by atoms with Crippen molar-refractivity contribution in [1.82, 2.24) is 4.90 Å². The molecule has 1 atom stereocenters. The highest BCUT2D eigenvalue weighted by atomic mass is 32.1. The Balaban J connectivity index is 1.38. The zero-order valence-electron chi connectivity index (χ0n) is 17.1. The fraction of sp³-hybridized carbons (Fsp3) is 0.320. The summed E-state index contributed by atoms with van der Waals surface area (Å²) in [4.78, 5) is 16.4. The molecule has 0 radical (unpaired) electrons. The van der Waals surface area contributed by atoms with Gasteiger partial charge in [-0.1, -0.05) is 54.6 Å². The van der Waals surface area contributed by atoms with Crippen molar-refractivity contribution in [2.24, 2.45) is 0 Å². The van der Waals surface area contributed by atoms with Gasteiger partial charge in [0.1, 0.15) is 0 Å². The Kier molecular flexibility index (Phi) is 7.29. The molecule has 3 aromatic rings. The number of nitrogens with one attached hydrogen (secondary N) is 1. The summed E-state index contributed by atoms with van der Waals surface area (Å²) in [6, 6.07) is 22.4. The van der Waals surface area contributed by atoms with Crippen molar-refractivity contribution in [3.05, 3.63) is 77.0 Å². The van der Waals surface area contributed by atoms with Gasteiger partial charge in [-0.05, 0) is 35.9 Å². The molecule has 1 saturated heterocycles. The first kappa shape index (κ1) is 20.8. The number of thiophene rings is 1. The first-order valence-corrected chi connectivity index (χ1v) is 11.5. The lowest BCUT2D eigenvalue weighted by molar-refractivity contribution is -0.116. The van der Waals surface area contributed by atoms with Gasteiger partial charge >= 0.3 is 0 Å². The minimum absolute atomic E-state index is 0.0434. The normalized spacial score (nSPS) is 16.1. The van der Waals surface area contributed by atoms with Gasteiger partial charge in [0.2, 0.25) is 5.91 Å². The Hall–Kier alpha value is -2.47. The second-order valence-electron chi connectivity index (χ2n) is 7.66. The van der Waals surface area contributed by atoms with E-state index in [9.17, 15) is 4.79 Å². The van der Waals surface area contributed by atoms with Crippen molar-refractivity contribution < 1.29 is 9.53 Å². The third-order valence-corrected chi connectivity index (χ3v) is 6.25. The molecule has 1 aromatic heterocycles. The molecule has 0 aliphatic carbocycles. The van der Waals surface area contributed by atoms with Crippen LogP contribution in [0.15, 0.2) is 72.1 Å². The number of nitrogens with zero attached hydrogens (tertiary/aromatic N) is 1. The molecule has 1 amide bonds. The first-order chi connectivity index (χ1) is 14.8. The molecule has 1 aliphatic rings. The van der Waals surface area contributed by atoms with Gasteiger partial charge in [-0.25, -0.2) is 0 Å². The zero-order valence-corrected chi connectivity index (χ0v) is 17.9. The molecule has 0 spiro atoms. The number of anilines is 1. The van der Waals surface area contributed by atoms with Crippen molar-refractivity contribution in [2.75, 3.05) is 25.0 Å². The molecular weight excluding hydrogens is 392 g/mol. The van der Waals surface area contributed by atoms with E-state index in [0.717, 1.165) is 55.9 Å². The highest BCUT2D eigenvalue weighted by Crippen LogP contribution is 2.27. The van der Waals surface area contributed by atoms with E-state index < -0.39 is 0 Å². The van der Waals surface area contributed by atoms with Crippen molar-refractivity contribution >= 4 is 22.9 Å². The molecule has 2 heterocycles. The number of ether oxygens (including phenoxy) is 1. The van der Waals surface area contributed by atoms with E-state index in [1.807, 2.05) is 42.5 Å². The SMILES string of the molecule is O=C(CCN(Cc1cccs1)CC1CCCO1)Nc1ccccc1-c1ccccc1. The summed E-state index contributed by atoms with van der Waals surface area (Å²) in [7, 11) is 0. The van der Waals surface area contributed by atoms with E-state index in [1.165, 1.54) is 4.88 Å². The topological polar surface area (TPSA) is 41.6 Å². The number of carbonyl (C=O) groups excluding carboxylic acids is 1. The van der Waals surface area contributed by atoms with E-state index in [4.69, 9.17) is 4.74 Å². The Morgan fingerprint density at radius 2 is 1.90 bits per heavy atom. The van der Waals surface area contributed by atoms with E-state index in [-0.39, 0.29) is 12.0 Å². The molecule has 1 fully saturated rings. The van der Waals surface area contributed by atoms with Gasteiger partial charge in [0.25, 0.3) is 0 Å². The van der Waals surface area contributed by atoms with Crippen LogP contribution in [0.2, 0.25) is 0 Å². The molecule has 4 rings (SSSR count). The predicted octanol–water partition coefficient (Wildman–Crippen LogP) is 5.42. The van der Waals surface area contributed by atoms with Crippen LogP contribution in [0.5, 0.6) is 0 Å². The number of hydrogen-bond donors (Lipinski definition) is 1. The summed E-state index contributed by atoms with van der Waals surface area (Å²) in [5.74, 6) is 0.0434. The average Bonchev–Trinajstić information content (AvgIpc) is 3.47. The van der Waals surface area contributed by atoms with Gasteiger partial charge in [0, 0.05) is 48.8 Å². The second-order valence-corrected chi connectivity index (χ2v) is 8.69. The van der Waals surface area contributed by atoms with E-state index in [2.05, 4.69) is 39.9 Å². The van der Waals surface area contributed by atoms with Gasteiger partial charge in [-0.15, -0.1) is 11.3 Å². The van der Waals surface area contributed by atoms with Crippen LogP contribution in [-0.2, 0) is 16.1 Å². The Bertz CT molecular complexity index is 921. The van der Waals surface area contributed by atoms with Gasteiger partial charge < -0.3 is 10.1 Å². The zero-order chi connectivity index (χ0) is 20.6. The minimum atomic E-state index is 0.0434. The number of hydrogen-bond acceptors (Lipinski definition) is 4. The number of rotatable bonds is 9. The maximum Gasteiger partial charge on any atom is 0.225 e. The monoisotopic (exact) mass is 420 g/mol. The largest absolute Gasteiger partial charge is 0.377 e. The van der Waals surface area contributed by atoms with Crippen molar-refractivity contribution in [3.63, 3.8) is 0 Å². The Labute approximate surface area is 182 Å². The number of benzene rings is 2. The summed E-state index contributed by atoms with van der Waals surface area (Å²) < 4.78 is 5.83. The lowest BCUT2D eigenvalue weighted by Crippen LogP contribution is -2.34. The molecule has 0 bridgehead atoms. The fourth-order valence-corrected chi connectivity index (χ4v) is 4.61. The van der Waals surface area contributed by atoms with Crippen LogP contribution >= 0.6 is 11.3 Å². The standard InChI is InChI=1S/C25H28N2O2S/c28-25(26-24-13-5-4-12-23(24)20-8-2-1-3-9-20)14-15-27(18-21-10-6-16-29-21)19-22-11-7-17-30-22/h1-5,7-9,11-13,17,21H,6,10,14-16,18-19H2,(H,26,28). The summed E-state index contributed by atoms with van der Waals surface area (Å²) >= 11 is 1.76. The van der Waals surface area contributed by atoms with Gasteiger partial charge in [-0.2, -0.15) is 0 Å². The van der Waals surface area contributed by atoms with Crippen LogP contribution in [-0.4, -0.2) is 36.6 Å². The first-order valence-electron chi connectivity index (χ1n) is 10.6. The van der Waals surface area contributed by atoms with E-state index in [1.54, 1.807) is 11.3 Å². The maximum atomic E-state index is 12.8. The van der Waals surface area contributed by atoms with Gasteiger partial charge in [0.15, 0.2) is 0 Å². The fourth-order valence-electron chi connectivity index (χ4n) is 3.87. The molecule has 1 aliphatic heterocycles. The second kappa shape index (κ2) is 10.5. The maximum absolute atomic E-state index is 12.8. The van der Waals surface area contributed by atoms with Gasteiger partial charge in [-0.3, -0.25) is 9.69 Å². The summed E-state index contributed by atoms with van der Waals surface area (Å²) in [6.45, 7) is 3.32. The van der Waals surface area contributed by atoms with Gasteiger partial charge in [0.05, 0.1) is 6.10 Å². The lowest BCUT2D eigenvalue weighted by atomic mass is 10.0. The molecular formula is C25H28N2O2S. The average molecular weight is 421 g/mol. The molecule has 156 valence electrons. The minimum Gasteiger partial charge on any atom is -0.377 e. The van der Waals surface area contributed by atoms with E-state index in [0.29, 0.717) is 6.42 Å². The van der Waals surface area contributed by atoms with Crippen molar-refractivity contribution in [3.8, 4) is 11.1 Å². The Morgan fingerprint density at radius 3 is 2.67 bits per heavy atom. The van der Waals surface area contributed by atoms with Crippen LogP contribution in [0, 0.1) is 0 Å². The molecule has 1 N–H and O–H groups in total. The number of carbonyl (C=O) groups is 1. The van der Waals surface area contributed by atoms with Crippen LogP contribution in [0.25, 0.3) is 11.1 Å². The van der Waals surface area contributed by atoms with Crippen molar-refractivity contribution in [2.45, 2.75) is 31.9 Å². The highest BCUT2D eigenvalue weighted by molar-refractivity contribution is 7.09. The predicted molar refractivity (Wildman–Crippen MR) is 124 cm³/mol. The number of para-hydroxylation sites is 1. The number of amides is 1. The van der Waals surface area contributed by atoms with Crippen LogP contribution in [0.3, 0.4) is 0 Å². The quantitative estimate of drug-likeness (QED) is 0.502. The third-order valence-electron chi connectivity index (χ3n) is 5.39. The smallest absolute Gasteiger partial charge is 0.225 e. The Morgan fingerprint density at radius 1 is 1.07 bits per heavy atom. The molecule has 30 heavy (non-hydrogen) atoms. The summed E-state index contributed by atoms with van der Waals surface area (Å²) in [5, 5.41) is 5.23. The van der Waals surface area contributed by atoms with Crippen LogP contribution < -0.4 is 5.32 Å². The highest BCUT2D eigenvalue weighted by Gasteiger charge is 2.20. The molecule has 2 aromatic carbocycles. The van der Waals surface area contributed by atoms with Crippen LogP contribution in [0.4, 0.5) is 5.69 Å². The molecule has 1 unspecified atom stereocenters. The summed E-state index contributed by atoms with van der Waals surface area (Å²) in [5.41, 5.74) is 3.00. The third kappa shape index (κ3) is 5.79. The van der Waals surface area contributed by atoms with E-state index >= 15 is 0 Å². The molecule has 0 saturated carbocycles. The summed E-state index contributed by atoms with van der Waals surface area (Å²) in [6.07, 6.45) is 2.99. The lowest BCUT2D eigenvalue weighted by Gasteiger charge is -2.24. The molecule has 5 heteroatoms.